The van der Waals surface area contributed by atoms with E-state index in [1.54, 1.807) is 6.07 Å². The summed E-state index contributed by atoms with van der Waals surface area (Å²) in [6, 6.07) is 3.85. The number of nitrogens with zero attached hydrogens (tertiary/aromatic N) is 1. The highest BCUT2D eigenvalue weighted by Crippen LogP contribution is 2.13. The second kappa shape index (κ2) is 5.29. The van der Waals surface area contributed by atoms with Gasteiger partial charge in [-0.25, -0.2) is 9.18 Å². The molecule has 0 radical (unpaired) electrons. The SMILES string of the molecule is C[C@H](NC(=O)N(C)c1cccc(F)c1)C(=O)O. The Balaban J connectivity index is 2.73. The van der Waals surface area contributed by atoms with Crippen molar-refractivity contribution < 1.29 is 19.1 Å². The molecular weight excluding hydrogens is 227 g/mol. The number of carbonyl (C=O) groups excluding carboxylic acids is 1. The van der Waals surface area contributed by atoms with E-state index in [1.807, 2.05) is 0 Å². The molecular formula is C11H13FN2O3. The first-order valence-corrected chi connectivity index (χ1v) is 4.94. The largest absolute Gasteiger partial charge is 0.480 e. The molecule has 17 heavy (non-hydrogen) atoms. The predicted molar refractivity (Wildman–Crippen MR) is 60.4 cm³/mol. The lowest BCUT2D eigenvalue weighted by Crippen LogP contribution is -2.45. The normalized spacial score (nSPS) is 11.7. The average molecular weight is 240 g/mol. The average Bonchev–Trinajstić information content (AvgIpc) is 2.27. The number of benzene rings is 1. The number of hydrogen-bond donors (Lipinski definition) is 2. The second-order valence-corrected chi connectivity index (χ2v) is 3.55. The maximum absolute atomic E-state index is 12.9. The quantitative estimate of drug-likeness (QED) is 0.840. The number of halogens is 1. The molecule has 5 nitrogen and oxygen atoms in total. The van der Waals surface area contributed by atoms with Gasteiger partial charge in [-0.1, -0.05) is 6.07 Å². The Morgan fingerprint density at radius 1 is 1.47 bits per heavy atom. The van der Waals surface area contributed by atoms with Crippen LogP contribution in [0.15, 0.2) is 24.3 Å². The molecule has 1 aromatic carbocycles. The molecule has 1 atom stereocenters. The first-order chi connectivity index (χ1) is 7.91. The zero-order valence-corrected chi connectivity index (χ0v) is 9.48. The molecule has 0 saturated heterocycles. The van der Waals surface area contributed by atoms with Gasteiger partial charge in [0.25, 0.3) is 0 Å². The lowest BCUT2D eigenvalue weighted by atomic mass is 10.3. The Morgan fingerprint density at radius 3 is 2.65 bits per heavy atom. The topological polar surface area (TPSA) is 69.6 Å². The lowest BCUT2D eigenvalue weighted by Gasteiger charge is -2.19. The van der Waals surface area contributed by atoms with Gasteiger partial charge in [-0.15, -0.1) is 0 Å². The molecule has 0 bridgehead atoms. The molecule has 0 aliphatic rings. The molecule has 0 aromatic heterocycles. The summed E-state index contributed by atoms with van der Waals surface area (Å²) in [5.74, 6) is -1.60. The van der Waals surface area contributed by atoms with Crippen LogP contribution in [-0.4, -0.2) is 30.2 Å². The molecule has 0 heterocycles. The Labute approximate surface area is 97.8 Å². The number of rotatable bonds is 3. The third-order valence-corrected chi connectivity index (χ3v) is 2.21. The van der Waals surface area contributed by atoms with Crippen LogP contribution in [0.5, 0.6) is 0 Å². The number of carboxylic acids is 1. The van der Waals surface area contributed by atoms with Gasteiger partial charge in [-0.3, -0.25) is 9.69 Å². The predicted octanol–water partition coefficient (Wildman–Crippen LogP) is 1.44. The minimum atomic E-state index is -1.13. The second-order valence-electron chi connectivity index (χ2n) is 3.55. The fourth-order valence-corrected chi connectivity index (χ4v) is 1.15. The summed E-state index contributed by atoms with van der Waals surface area (Å²) in [7, 11) is 1.43. The fraction of sp³-hybridized carbons (Fsp3) is 0.273. The van der Waals surface area contributed by atoms with E-state index in [4.69, 9.17) is 5.11 Å². The number of nitrogens with one attached hydrogen (secondary N) is 1. The Hall–Kier alpha value is -2.11. The molecule has 0 fully saturated rings. The zero-order chi connectivity index (χ0) is 13.0. The highest BCUT2D eigenvalue weighted by atomic mass is 19.1. The highest BCUT2D eigenvalue weighted by molar-refractivity contribution is 5.93. The molecule has 1 aromatic rings. The molecule has 0 spiro atoms. The van der Waals surface area contributed by atoms with E-state index in [-0.39, 0.29) is 0 Å². The molecule has 92 valence electrons. The van der Waals surface area contributed by atoms with Crippen LogP contribution < -0.4 is 10.2 Å². The maximum atomic E-state index is 12.9. The summed E-state index contributed by atoms with van der Waals surface area (Å²) in [5, 5.41) is 10.9. The number of anilines is 1. The minimum Gasteiger partial charge on any atom is -0.480 e. The van der Waals surface area contributed by atoms with Crippen molar-refractivity contribution in [2.24, 2.45) is 0 Å². The molecule has 0 unspecified atom stereocenters. The molecule has 2 N–H and O–H groups in total. The number of carbonyl (C=O) groups is 2. The smallest absolute Gasteiger partial charge is 0.325 e. The van der Waals surface area contributed by atoms with E-state index >= 15 is 0 Å². The summed E-state index contributed by atoms with van der Waals surface area (Å²) in [5.41, 5.74) is 0.347. The van der Waals surface area contributed by atoms with Crippen molar-refractivity contribution in [3.05, 3.63) is 30.1 Å². The monoisotopic (exact) mass is 240 g/mol. The van der Waals surface area contributed by atoms with Crippen molar-refractivity contribution >= 4 is 17.7 Å². The Morgan fingerprint density at radius 2 is 2.12 bits per heavy atom. The van der Waals surface area contributed by atoms with E-state index in [0.29, 0.717) is 5.69 Å². The highest BCUT2D eigenvalue weighted by Gasteiger charge is 2.17. The third kappa shape index (κ3) is 3.44. The van der Waals surface area contributed by atoms with Gasteiger partial charge in [0, 0.05) is 12.7 Å². The lowest BCUT2D eigenvalue weighted by molar-refractivity contribution is -0.138. The van der Waals surface area contributed by atoms with Gasteiger partial charge in [0.15, 0.2) is 0 Å². The standard InChI is InChI=1S/C11H13FN2O3/c1-7(10(15)16)13-11(17)14(2)9-5-3-4-8(12)6-9/h3-7H,1-2H3,(H,13,17)(H,15,16)/t7-/m0/s1. The van der Waals surface area contributed by atoms with Crippen LogP contribution in [0.1, 0.15) is 6.92 Å². The minimum absolute atomic E-state index is 0.347. The van der Waals surface area contributed by atoms with E-state index < -0.39 is 23.9 Å². The number of carboxylic acid groups (broad SMARTS) is 1. The van der Waals surface area contributed by atoms with Crippen molar-refractivity contribution in [3.8, 4) is 0 Å². The molecule has 6 heteroatoms. The van der Waals surface area contributed by atoms with Gasteiger partial charge in [0.1, 0.15) is 11.9 Å². The zero-order valence-electron chi connectivity index (χ0n) is 9.48. The van der Waals surface area contributed by atoms with E-state index in [1.165, 1.54) is 32.2 Å². The molecule has 1 rings (SSSR count). The summed E-state index contributed by atoms with van der Waals surface area (Å²) >= 11 is 0. The van der Waals surface area contributed by atoms with Crippen LogP contribution in [0.4, 0.5) is 14.9 Å². The van der Waals surface area contributed by atoms with Gasteiger partial charge in [0.05, 0.1) is 0 Å². The summed E-state index contributed by atoms with van der Waals surface area (Å²) < 4.78 is 12.9. The number of aliphatic carboxylic acids is 1. The summed E-state index contributed by atoms with van der Waals surface area (Å²) in [6.07, 6.45) is 0. The van der Waals surface area contributed by atoms with Gasteiger partial charge < -0.3 is 10.4 Å². The van der Waals surface area contributed by atoms with Gasteiger partial charge >= 0.3 is 12.0 Å². The summed E-state index contributed by atoms with van der Waals surface area (Å²) in [4.78, 5) is 23.3. The van der Waals surface area contributed by atoms with E-state index in [9.17, 15) is 14.0 Å². The van der Waals surface area contributed by atoms with Crippen LogP contribution in [0.2, 0.25) is 0 Å². The van der Waals surface area contributed by atoms with Crippen molar-refractivity contribution in [1.82, 2.24) is 5.32 Å². The molecule has 0 aliphatic carbocycles. The van der Waals surface area contributed by atoms with E-state index in [0.717, 1.165) is 4.90 Å². The number of amides is 2. The summed E-state index contributed by atoms with van der Waals surface area (Å²) in [6.45, 7) is 1.35. The first-order valence-electron chi connectivity index (χ1n) is 4.94. The first kappa shape index (κ1) is 13.0. The van der Waals surface area contributed by atoms with Crippen molar-refractivity contribution in [2.45, 2.75) is 13.0 Å². The Kier molecular flexibility index (Phi) is 4.03. The van der Waals surface area contributed by atoms with Gasteiger partial charge in [-0.2, -0.15) is 0 Å². The molecule has 2 amide bonds. The van der Waals surface area contributed by atoms with Gasteiger partial charge in [0.2, 0.25) is 0 Å². The van der Waals surface area contributed by atoms with Crippen LogP contribution in [-0.2, 0) is 4.79 Å². The number of urea groups is 1. The number of hydrogen-bond acceptors (Lipinski definition) is 2. The molecule has 0 saturated carbocycles. The Bertz CT molecular complexity index is 436. The van der Waals surface area contributed by atoms with Crippen molar-refractivity contribution in [3.63, 3.8) is 0 Å². The van der Waals surface area contributed by atoms with Crippen LogP contribution in [0, 0.1) is 5.82 Å². The van der Waals surface area contributed by atoms with Crippen molar-refractivity contribution in [2.75, 3.05) is 11.9 Å². The van der Waals surface area contributed by atoms with Crippen LogP contribution in [0.3, 0.4) is 0 Å². The third-order valence-electron chi connectivity index (χ3n) is 2.21. The van der Waals surface area contributed by atoms with Crippen molar-refractivity contribution in [1.29, 1.82) is 0 Å². The van der Waals surface area contributed by atoms with Crippen LogP contribution in [0.25, 0.3) is 0 Å². The van der Waals surface area contributed by atoms with E-state index in [2.05, 4.69) is 5.32 Å². The van der Waals surface area contributed by atoms with Gasteiger partial charge in [-0.05, 0) is 25.1 Å². The fourth-order valence-electron chi connectivity index (χ4n) is 1.15. The molecule has 0 aliphatic heterocycles. The van der Waals surface area contributed by atoms with Crippen LogP contribution >= 0.6 is 0 Å². The maximum Gasteiger partial charge on any atom is 0.325 e.